The molecule has 23 heavy (non-hydrogen) atoms. The molecule has 0 radical (unpaired) electrons. The first-order valence-corrected chi connectivity index (χ1v) is 7.29. The van der Waals surface area contributed by atoms with E-state index in [-0.39, 0.29) is 5.82 Å². The van der Waals surface area contributed by atoms with Gasteiger partial charge < -0.3 is 5.73 Å². The Labute approximate surface area is 134 Å². The van der Waals surface area contributed by atoms with Crippen molar-refractivity contribution >= 4 is 5.82 Å². The van der Waals surface area contributed by atoms with Gasteiger partial charge in [-0.15, -0.1) is 0 Å². The predicted octanol–water partition coefficient (Wildman–Crippen LogP) is 2.62. The molecule has 0 unspecified atom stereocenters. The smallest absolute Gasteiger partial charge is 0.127 e. The van der Waals surface area contributed by atoms with Gasteiger partial charge in [-0.1, -0.05) is 6.07 Å². The first-order valence-electron chi connectivity index (χ1n) is 7.29. The van der Waals surface area contributed by atoms with Crippen molar-refractivity contribution in [3.05, 3.63) is 71.9 Å². The van der Waals surface area contributed by atoms with Crippen molar-refractivity contribution in [2.24, 2.45) is 0 Å². The van der Waals surface area contributed by atoms with Gasteiger partial charge in [0.15, 0.2) is 0 Å². The SMILES string of the molecule is CN(Cc1cnn(-c2ccc(F)cc2)c1)Cc1cccnc1N. The van der Waals surface area contributed by atoms with Crippen LogP contribution in [-0.4, -0.2) is 26.7 Å². The summed E-state index contributed by atoms with van der Waals surface area (Å²) in [4.78, 5) is 6.23. The second kappa shape index (κ2) is 6.58. The van der Waals surface area contributed by atoms with E-state index in [0.717, 1.165) is 23.4 Å². The standard InChI is InChI=1S/C17H18FN5/c1-22(12-14-3-2-8-20-17(14)19)10-13-9-21-23(11-13)16-6-4-15(18)5-7-16/h2-9,11H,10,12H2,1H3,(H2,19,20). The molecule has 0 atom stereocenters. The van der Waals surface area contributed by atoms with Gasteiger partial charge in [0.25, 0.3) is 0 Å². The topological polar surface area (TPSA) is 60.0 Å². The summed E-state index contributed by atoms with van der Waals surface area (Å²) in [7, 11) is 2.02. The summed E-state index contributed by atoms with van der Waals surface area (Å²) in [5, 5.41) is 4.32. The maximum atomic E-state index is 13.0. The van der Waals surface area contributed by atoms with E-state index in [9.17, 15) is 4.39 Å². The van der Waals surface area contributed by atoms with Crippen molar-refractivity contribution in [3.63, 3.8) is 0 Å². The molecule has 2 N–H and O–H groups in total. The van der Waals surface area contributed by atoms with Gasteiger partial charge in [-0.25, -0.2) is 14.1 Å². The van der Waals surface area contributed by atoms with Crippen LogP contribution in [0.4, 0.5) is 10.2 Å². The Hall–Kier alpha value is -2.73. The lowest BCUT2D eigenvalue weighted by atomic mass is 10.2. The largest absolute Gasteiger partial charge is 0.383 e. The molecule has 0 aliphatic heterocycles. The number of halogens is 1. The van der Waals surface area contributed by atoms with Crippen molar-refractivity contribution in [2.45, 2.75) is 13.1 Å². The number of aromatic nitrogens is 3. The highest BCUT2D eigenvalue weighted by molar-refractivity contribution is 5.38. The molecule has 2 aromatic heterocycles. The molecule has 3 rings (SSSR count). The van der Waals surface area contributed by atoms with Crippen molar-refractivity contribution in [3.8, 4) is 5.69 Å². The van der Waals surface area contributed by atoms with E-state index in [2.05, 4.69) is 15.0 Å². The fourth-order valence-electron chi connectivity index (χ4n) is 2.42. The number of hydrogen-bond acceptors (Lipinski definition) is 4. The van der Waals surface area contributed by atoms with Crippen LogP contribution in [0.2, 0.25) is 0 Å². The van der Waals surface area contributed by atoms with Crippen LogP contribution in [0, 0.1) is 5.82 Å². The fourth-order valence-corrected chi connectivity index (χ4v) is 2.42. The maximum Gasteiger partial charge on any atom is 0.127 e. The second-order valence-corrected chi connectivity index (χ2v) is 5.49. The summed E-state index contributed by atoms with van der Waals surface area (Å²) in [5.74, 6) is 0.302. The predicted molar refractivity (Wildman–Crippen MR) is 87.3 cm³/mol. The Morgan fingerprint density at radius 2 is 1.96 bits per heavy atom. The molecule has 3 aromatic rings. The molecule has 2 heterocycles. The number of nitrogen functional groups attached to an aromatic ring is 1. The lowest BCUT2D eigenvalue weighted by Crippen LogP contribution is -2.18. The number of pyridine rings is 1. The zero-order valence-corrected chi connectivity index (χ0v) is 12.9. The highest BCUT2D eigenvalue weighted by Crippen LogP contribution is 2.13. The van der Waals surface area contributed by atoms with Gasteiger partial charge >= 0.3 is 0 Å². The van der Waals surface area contributed by atoms with E-state index in [1.165, 1.54) is 12.1 Å². The maximum absolute atomic E-state index is 13.0. The third-order valence-corrected chi connectivity index (χ3v) is 3.55. The molecule has 5 nitrogen and oxygen atoms in total. The van der Waals surface area contributed by atoms with E-state index in [0.29, 0.717) is 12.4 Å². The number of nitrogens with zero attached hydrogens (tertiary/aromatic N) is 4. The lowest BCUT2D eigenvalue weighted by molar-refractivity contribution is 0.319. The van der Waals surface area contributed by atoms with E-state index >= 15 is 0 Å². The van der Waals surface area contributed by atoms with Crippen LogP contribution in [0.25, 0.3) is 5.69 Å². The van der Waals surface area contributed by atoms with Crippen molar-refractivity contribution in [2.75, 3.05) is 12.8 Å². The zero-order chi connectivity index (χ0) is 16.2. The molecule has 0 saturated carbocycles. The van der Waals surface area contributed by atoms with E-state index in [1.54, 1.807) is 23.0 Å². The van der Waals surface area contributed by atoms with E-state index in [1.807, 2.05) is 31.6 Å². The molecule has 0 fully saturated rings. The minimum absolute atomic E-state index is 0.255. The zero-order valence-electron chi connectivity index (χ0n) is 12.9. The molecule has 6 heteroatoms. The quantitative estimate of drug-likeness (QED) is 0.787. The van der Waals surface area contributed by atoms with Gasteiger partial charge in [0.1, 0.15) is 11.6 Å². The number of rotatable bonds is 5. The minimum atomic E-state index is -0.255. The van der Waals surface area contributed by atoms with Crippen LogP contribution in [0.5, 0.6) is 0 Å². The summed E-state index contributed by atoms with van der Waals surface area (Å²) >= 11 is 0. The van der Waals surface area contributed by atoms with Crippen molar-refractivity contribution in [1.82, 2.24) is 19.7 Å². The van der Waals surface area contributed by atoms with Crippen molar-refractivity contribution in [1.29, 1.82) is 0 Å². The third-order valence-electron chi connectivity index (χ3n) is 3.55. The molecule has 118 valence electrons. The van der Waals surface area contributed by atoms with Gasteiger partial charge in [0, 0.05) is 36.6 Å². The Morgan fingerprint density at radius 3 is 2.70 bits per heavy atom. The van der Waals surface area contributed by atoms with Gasteiger partial charge in [-0.2, -0.15) is 5.10 Å². The van der Waals surface area contributed by atoms with E-state index < -0.39 is 0 Å². The van der Waals surface area contributed by atoms with Gasteiger partial charge in [0.2, 0.25) is 0 Å². The summed E-state index contributed by atoms with van der Waals surface area (Å²) < 4.78 is 14.7. The highest BCUT2D eigenvalue weighted by atomic mass is 19.1. The van der Waals surface area contributed by atoms with Crippen LogP contribution >= 0.6 is 0 Å². The molecular weight excluding hydrogens is 293 g/mol. The van der Waals surface area contributed by atoms with Gasteiger partial charge in [0.05, 0.1) is 11.9 Å². The first kappa shape index (κ1) is 15.2. The number of nitrogens with two attached hydrogens (primary N) is 1. The number of anilines is 1. The lowest BCUT2D eigenvalue weighted by Gasteiger charge is -2.16. The van der Waals surface area contributed by atoms with Crippen LogP contribution in [-0.2, 0) is 13.1 Å². The summed E-state index contributed by atoms with van der Waals surface area (Å²) in [6, 6.07) is 10.1. The third kappa shape index (κ3) is 3.73. The number of hydrogen-bond donors (Lipinski definition) is 1. The summed E-state index contributed by atoms with van der Waals surface area (Å²) in [6.07, 6.45) is 5.44. The fraction of sp³-hybridized carbons (Fsp3) is 0.176. The molecule has 0 aliphatic rings. The summed E-state index contributed by atoms with van der Waals surface area (Å²) in [5.41, 5.74) is 8.77. The van der Waals surface area contributed by atoms with Crippen LogP contribution in [0.15, 0.2) is 55.0 Å². The van der Waals surface area contributed by atoms with Gasteiger partial charge in [-0.05, 0) is 37.4 Å². The molecular formula is C17H18FN5. The molecule has 0 saturated heterocycles. The Bertz CT molecular complexity index is 782. The first-order chi connectivity index (χ1) is 11.1. The highest BCUT2D eigenvalue weighted by Gasteiger charge is 2.07. The summed E-state index contributed by atoms with van der Waals surface area (Å²) in [6.45, 7) is 1.44. The molecule has 0 amide bonds. The van der Waals surface area contributed by atoms with Gasteiger partial charge in [-0.3, -0.25) is 4.90 Å². The molecule has 0 bridgehead atoms. The van der Waals surface area contributed by atoms with Crippen LogP contribution < -0.4 is 5.73 Å². The van der Waals surface area contributed by atoms with Crippen molar-refractivity contribution < 1.29 is 4.39 Å². The second-order valence-electron chi connectivity index (χ2n) is 5.49. The average molecular weight is 311 g/mol. The monoisotopic (exact) mass is 311 g/mol. The Morgan fingerprint density at radius 1 is 1.17 bits per heavy atom. The normalized spacial score (nSPS) is 11.1. The minimum Gasteiger partial charge on any atom is -0.383 e. The molecule has 1 aromatic carbocycles. The average Bonchev–Trinajstić information content (AvgIpc) is 2.98. The Balaban J connectivity index is 1.67. The molecule has 0 spiro atoms. The van der Waals surface area contributed by atoms with Crippen LogP contribution in [0.3, 0.4) is 0 Å². The number of benzene rings is 1. The van der Waals surface area contributed by atoms with Crippen LogP contribution in [0.1, 0.15) is 11.1 Å². The Kier molecular flexibility index (Phi) is 4.34. The van der Waals surface area contributed by atoms with E-state index in [4.69, 9.17) is 5.73 Å². The molecule has 0 aliphatic carbocycles.